The zero-order chi connectivity index (χ0) is 15.8. The van der Waals surface area contributed by atoms with Crippen molar-refractivity contribution in [2.24, 2.45) is 0 Å². The lowest BCUT2D eigenvalue weighted by atomic mass is 10.3. The first-order chi connectivity index (χ1) is 11.2. The summed E-state index contributed by atoms with van der Waals surface area (Å²) in [5.41, 5.74) is 1.70. The van der Waals surface area contributed by atoms with Gasteiger partial charge in [0.2, 0.25) is 0 Å². The maximum Gasteiger partial charge on any atom is 0.258 e. The molecule has 0 aliphatic rings. The summed E-state index contributed by atoms with van der Waals surface area (Å²) in [7, 11) is 0. The number of benzene rings is 1. The Morgan fingerprint density at radius 3 is 2.91 bits per heavy atom. The Bertz CT molecular complexity index is 926. The molecule has 0 bridgehead atoms. The first kappa shape index (κ1) is 14.3. The zero-order valence-corrected chi connectivity index (χ0v) is 13.0. The van der Waals surface area contributed by atoms with Crippen molar-refractivity contribution in [1.82, 2.24) is 20.1 Å². The van der Waals surface area contributed by atoms with Crippen LogP contribution in [0.4, 0.5) is 8.78 Å². The lowest BCUT2D eigenvalue weighted by molar-refractivity contribution is 0.425. The highest BCUT2D eigenvalue weighted by molar-refractivity contribution is 7.98. The fraction of sp³-hybridized carbons (Fsp3) is 0.0714. The molecule has 3 aromatic heterocycles. The van der Waals surface area contributed by atoms with Crippen molar-refractivity contribution < 1.29 is 13.3 Å². The van der Waals surface area contributed by atoms with E-state index in [1.807, 2.05) is 16.8 Å². The fourth-order valence-electron chi connectivity index (χ4n) is 2.00. The summed E-state index contributed by atoms with van der Waals surface area (Å²) in [5.74, 6) is -0.404. The van der Waals surface area contributed by atoms with Crippen LogP contribution in [0.3, 0.4) is 0 Å². The van der Waals surface area contributed by atoms with Gasteiger partial charge in [0.15, 0.2) is 22.6 Å². The van der Waals surface area contributed by atoms with Crippen LogP contribution >= 0.6 is 23.1 Å². The third kappa shape index (κ3) is 2.84. The van der Waals surface area contributed by atoms with Crippen LogP contribution in [0, 0.1) is 11.6 Å². The highest BCUT2D eigenvalue weighted by Gasteiger charge is 2.12. The minimum absolute atomic E-state index is 0.374. The van der Waals surface area contributed by atoms with Crippen molar-refractivity contribution in [3.63, 3.8) is 0 Å². The highest BCUT2D eigenvalue weighted by atomic mass is 32.2. The van der Waals surface area contributed by atoms with Crippen LogP contribution in [-0.4, -0.2) is 20.1 Å². The standard InChI is InChI=1S/C14H8F2N4OS2/c15-8-3-10-11(4-9(8)16)18-14(17-10)23-6-12-19-13(21-20-12)7-1-2-22-5-7/h1-5H,6H2,(H,17,18). The average molecular weight is 350 g/mol. The number of halogens is 2. The lowest BCUT2D eigenvalue weighted by Crippen LogP contribution is -1.84. The maximum atomic E-state index is 13.2. The van der Waals surface area contributed by atoms with Gasteiger partial charge in [0, 0.05) is 17.5 Å². The molecular formula is C14H8F2N4OS2. The molecule has 0 radical (unpaired) electrons. The van der Waals surface area contributed by atoms with E-state index in [0.29, 0.717) is 33.7 Å². The second-order valence-electron chi connectivity index (χ2n) is 4.64. The van der Waals surface area contributed by atoms with Gasteiger partial charge in [0.1, 0.15) is 0 Å². The normalized spacial score (nSPS) is 11.4. The van der Waals surface area contributed by atoms with Crippen molar-refractivity contribution in [3.8, 4) is 11.5 Å². The molecule has 0 spiro atoms. The Hall–Kier alpha value is -2.26. The number of thiophene rings is 1. The Morgan fingerprint density at radius 2 is 2.09 bits per heavy atom. The van der Waals surface area contributed by atoms with Crippen LogP contribution in [0.15, 0.2) is 38.6 Å². The third-order valence-electron chi connectivity index (χ3n) is 3.08. The van der Waals surface area contributed by atoms with E-state index >= 15 is 0 Å². The Labute approximate surface area is 136 Å². The largest absolute Gasteiger partial charge is 0.334 e. The molecule has 4 rings (SSSR count). The van der Waals surface area contributed by atoms with Crippen LogP contribution in [0.25, 0.3) is 22.5 Å². The van der Waals surface area contributed by atoms with Gasteiger partial charge in [0.05, 0.1) is 22.3 Å². The second kappa shape index (κ2) is 5.74. The van der Waals surface area contributed by atoms with E-state index in [1.54, 1.807) is 11.3 Å². The third-order valence-corrected chi connectivity index (χ3v) is 4.63. The van der Waals surface area contributed by atoms with Crippen molar-refractivity contribution in [2.75, 3.05) is 0 Å². The summed E-state index contributed by atoms with van der Waals surface area (Å²) in [6.45, 7) is 0. The summed E-state index contributed by atoms with van der Waals surface area (Å²) in [4.78, 5) is 11.4. The molecule has 23 heavy (non-hydrogen) atoms. The topological polar surface area (TPSA) is 67.6 Å². The minimum Gasteiger partial charge on any atom is -0.334 e. The van der Waals surface area contributed by atoms with Crippen LogP contribution < -0.4 is 0 Å². The number of hydrogen-bond donors (Lipinski definition) is 1. The molecule has 0 unspecified atom stereocenters. The van der Waals surface area contributed by atoms with Gasteiger partial charge in [-0.25, -0.2) is 13.8 Å². The second-order valence-corrected chi connectivity index (χ2v) is 6.39. The molecule has 1 N–H and O–H groups in total. The van der Waals surface area contributed by atoms with Gasteiger partial charge in [-0.05, 0) is 11.4 Å². The Morgan fingerprint density at radius 1 is 1.22 bits per heavy atom. The molecule has 5 nitrogen and oxygen atoms in total. The summed E-state index contributed by atoms with van der Waals surface area (Å²) in [6.07, 6.45) is 0. The predicted molar refractivity (Wildman–Crippen MR) is 83.2 cm³/mol. The number of aromatic nitrogens is 4. The number of imidazole rings is 1. The van der Waals surface area contributed by atoms with Crippen LogP contribution in [0.5, 0.6) is 0 Å². The van der Waals surface area contributed by atoms with E-state index in [-0.39, 0.29) is 0 Å². The van der Waals surface area contributed by atoms with Crippen LogP contribution in [0.2, 0.25) is 0 Å². The van der Waals surface area contributed by atoms with E-state index < -0.39 is 11.6 Å². The molecule has 0 amide bonds. The molecule has 0 saturated carbocycles. The Balaban J connectivity index is 1.51. The van der Waals surface area contributed by atoms with E-state index in [9.17, 15) is 8.78 Å². The average Bonchev–Trinajstić information content (AvgIpc) is 3.25. The summed E-state index contributed by atoms with van der Waals surface area (Å²) < 4.78 is 31.6. The number of rotatable bonds is 4. The zero-order valence-electron chi connectivity index (χ0n) is 11.4. The molecule has 0 aliphatic heterocycles. The maximum absolute atomic E-state index is 13.2. The van der Waals surface area contributed by atoms with Gasteiger partial charge < -0.3 is 9.51 Å². The van der Waals surface area contributed by atoms with Crippen molar-refractivity contribution >= 4 is 34.1 Å². The van der Waals surface area contributed by atoms with Crippen molar-refractivity contribution in [3.05, 3.63) is 46.4 Å². The van der Waals surface area contributed by atoms with Gasteiger partial charge in [-0.3, -0.25) is 0 Å². The van der Waals surface area contributed by atoms with E-state index in [1.165, 1.54) is 11.8 Å². The van der Waals surface area contributed by atoms with Crippen LogP contribution in [-0.2, 0) is 5.75 Å². The number of hydrogen-bond acceptors (Lipinski definition) is 6. The number of aromatic amines is 1. The number of nitrogens with zero attached hydrogens (tertiary/aromatic N) is 3. The number of thioether (sulfide) groups is 1. The summed E-state index contributed by atoms with van der Waals surface area (Å²) >= 11 is 2.88. The quantitative estimate of drug-likeness (QED) is 0.558. The SMILES string of the molecule is Fc1cc2nc(SCc3noc(-c4ccsc4)n3)[nH]c2cc1F. The lowest BCUT2D eigenvalue weighted by Gasteiger charge is -1.91. The molecule has 3 heterocycles. The monoisotopic (exact) mass is 350 g/mol. The van der Waals surface area contributed by atoms with Gasteiger partial charge in [-0.2, -0.15) is 16.3 Å². The van der Waals surface area contributed by atoms with E-state index in [4.69, 9.17) is 4.52 Å². The molecular weight excluding hydrogens is 342 g/mol. The minimum atomic E-state index is -0.917. The van der Waals surface area contributed by atoms with Gasteiger partial charge in [0.25, 0.3) is 5.89 Å². The van der Waals surface area contributed by atoms with Crippen molar-refractivity contribution in [2.45, 2.75) is 10.9 Å². The molecule has 9 heteroatoms. The van der Waals surface area contributed by atoms with E-state index in [2.05, 4.69) is 20.1 Å². The summed E-state index contributed by atoms with van der Waals surface area (Å²) in [6, 6.07) is 4.05. The molecule has 0 aliphatic carbocycles. The van der Waals surface area contributed by atoms with Gasteiger partial charge >= 0.3 is 0 Å². The van der Waals surface area contributed by atoms with Gasteiger partial charge in [-0.1, -0.05) is 16.9 Å². The summed E-state index contributed by atoms with van der Waals surface area (Å²) in [5, 5.41) is 8.29. The molecule has 116 valence electrons. The molecule has 0 fully saturated rings. The van der Waals surface area contributed by atoms with Crippen LogP contribution in [0.1, 0.15) is 5.82 Å². The molecule has 1 aromatic carbocycles. The van der Waals surface area contributed by atoms with Crippen molar-refractivity contribution in [1.29, 1.82) is 0 Å². The van der Waals surface area contributed by atoms with Gasteiger partial charge in [-0.15, -0.1) is 0 Å². The first-order valence-corrected chi connectivity index (χ1v) is 8.44. The highest BCUT2D eigenvalue weighted by Crippen LogP contribution is 2.25. The number of H-pyrrole nitrogens is 1. The number of nitrogens with one attached hydrogen (secondary N) is 1. The Kier molecular flexibility index (Phi) is 3.58. The smallest absolute Gasteiger partial charge is 0.258 e. The predicted octanol–water partition coefficient (Wildman–Crippen LogP) is 4.24. The molecule has 0 atom stereocenters. The first-order valence-electron chi connectivity index (χ1n) is 6.52. The number of fused-ring (bicyclic) bond motifs is 1. The fourth-order valence-corrected chi connectivity index (χ4v) is 3.36. The molecule has 0 saturated heterocycles. The molecule has 4 aromatic rings. The van der Waals surface area contributed by atoms with E-state index in [0.717, 1.165) is 17.7 Å².